The van der Waals surface area contributed by atoms with Crippen molar-refractivity contribution in [3.8, 4) is 0 Å². The molecule has 0 amide bonds. The third-order valence-corrected chi connectivity index (χ3v) is 6.80. The molecule has 1 aromatic carbocycles. The van der Waals surface area contributed by atoms with Gasteiger partial charge >= 0.3 is 0 Å². The Labute approximate surface area is 137 Å². The third-order valence-electron chi connectivity index (χ3n) is 6.80. The molecule has 0 heterocycles. The van der Waals surface area contributed by atoms with Crippen LogP contribution in [-0.2, 0) is 0 Å². The average molecular weight is 308 g/mol. The summed E-state index contributed by atoms with van der Waals surface area (Å²) >= 11 is 0. The fourth-order valence-electron chi connectivity index (χ4n) is 6.02. The molecule has 3 aliphatic rings. The van der Waals surface area contributed by atoms with Gasteiger partial charge in [0.1, 0.15) is 0 Å². The van der Waals surface area contributed by atoms with Gasteiger partial charge in [-0.2, -0.15) is 0 Å². The smallest absolute Gasteiger partial charge is 0.0865 e. The highest BCUT2D eigenvalue weighted by Gasteiger charge is 2.72. The van der Waals surface area contributed by atoms with Gasteiger partial charge in [0.05, 0.1) is 12.2 Å². The molecule has 2 nitrogen and oxygen atoms in total. The van der Waals surface area contributed by atoms with Gasteiger partial charge < -0.3 is 10.2 Å². The second-order valence-electron chi connectivity index (χ2n) is 7.33. The Morgan fingerprint density at radius 3 is 1.74 bits per heavy atom. The van der Waals surface area contributed by atoms with E-state index in [4.69, 9.17) is 0 Å². The van der Waals surface area contributed by atoms with Crippen molar-refractivity contribution in [2.24, 2.45) is 22.7 Å². The molecule has 3 aliphatic carbocycles. The lowest BCUT2D eigenvalue weighted by atomic mass is 9.46. The predicted molar refractivity (Wildman–Crippen MR) is 91.6 cm³/mol. The quantitative estimate of drug-likeness (QED) is 0.822. The number of aliphatic hydroxyl groups excluding tert-OH is 2. The molecule has 2 bridgehead atoms. The summed E-state index contributed by atoms with van der Waals surface area (Å²) in [6.07, 6.45) is 9.58. The number of hydrogen-bond donors (Lipinski definition) is 2. The van der Waals surface area contributed by atoms with Gasteiger partial charge in [-0.15, -0.1) is 13.2 Å². The number of fused-ring (bicyclic) bond motifs is 6. The summed E-state index contributed by atoms with van der Waals surface area (Å²) < 4.78 is 0. The summed E-state index contributed by atoms with van der Waals surface area (Å²) in [7, 11) is 0. The Balaban J connectivity index is 2.03. The zero-order chi connectivity index (χ0) is 16.2. The summed E-state index contributed by atoms with van der Waals surface area (Å²) in [6, 6.07) is 7.81. The highest BCUT2D eigenvalue weighted by atomic mass is 16.3. The first kappa shape index (κ1) is 14.9. The Kier molecular flexibility index (Phi) is 3.20. The molecule has 4 rings (SSSR count). The van der Waals surface area contributed by atoms with Crippen molar-refractivity contribution in [3.63, 3.8) is 0 Å². The Morgan fingerprint density at radius 1 is 0.913 bits per heavy atom. The predicted octanol–water partition coefficient (Wildman–Crippen LogP) is 4.10. The average Bonchev–Trinajstić information content (AvgIpc) is 3.14. The Morgan fingerprint density at radius 2 is 1.35 bits per heavy atom. The van der Waals surface area contributed by atoms with E-state index in [1.807, 2.05) is 36.4 Å². The Hall–Kier alpha value is -1.64. The van der Waals surface area contributed by atoms with Crippen LogP contribution in [0.2, 0.25) is 0 Å². The minimum atomic E-state index is -0.583. The van der Waals surface area contributed by atoms with Crippen molar-refractivity contribution in [1.82, 2.24) is 0 Å². The molecule has 0 aliphatic heterocycles. The fraction of sp³-hybridized carbons (Fsp3) is 0.429. The van der Waals surface area contributed by atoms with Gasteiger partial charge in [-0.25, -0.2) is 0 Å². The lowest BCUT2D eigenvalue weighted by molar-refractivity contribution is -0.163. The third kappa shape index (κ3) is 1.51. The molecule has 4 unspecified atom stereocenters. The lowest BCUT2D eigenvalue weighted by Gasteiger charge is -2.59. The first-order valence-corrected chi connectivity index (χ1v) is 8.48. The largest absolute Gasteiger partial charge is 0.388 e. The van der Waals surface area contributed by atoms with E-state index in [2.05, 4.69) is 25.3 Å². The molecule has 0 spiro atoms. The van der Waals surface area contributed by atoms with Crippen LogP contribution in [-0.4, -0.2) is 10.2 Å². The van der Waals surface area contributed by atoms with Gasteiger partial charge in [0.25, 0.3) is 0 Å². The van der Waals surface area contributed by atoms with Crippen LogP contribution in [0.15, 0.2) is 61.7 Å². The highest BCUT2D eigenvalue weighted by molar-refractivity contribution is 5.44. The molecule has 1 saturated carbocycles. The van der Waals surface area contributed by atoms with E-state index in [0.717, 1.165) is 17.5 Å². The maximum Gasteiger partial charge on any atom is 0.0865 e. The minimum Gasteiger partial charge on any atom is -0.388 e. The monoisotopic (exact) mass is 308 g/mol. The zero-order valence-corrected chi connectivity index (χ0v) is 13.4. The molecular formula is C21H24O2. The second-order valence-corrected chi connectivity index (χ2v) is 7.33. The van der Waals surface area contributed by atoms with Crippen LogP contribution in [0.25, 0.3) is 0 Å². The van der Waals surface area contributed by atoms with Crippen LogP contribution < -0.4 is 0 Å². The molecule has 23 heavy (non-hydrogen) atoms. The number of rotatable bonds is 4. The first-order chi connectivity index (χ1) is 11.1. The van der Waals surface area contributed by atoms with Crippen molar-refractivity contribution in [2.75, 3.05) is 0 Å². The van der Waals surface area contributed by atoms with Crippen LogP contribution in [0.3, 0.4) is 0 Å². The van der Waals surface area contributed by atoms with Crippen molar-refractivity contribution >= 4 is 0 Å². The molecule has 0 radical (unpaired) electrons. The first-order valence-electron chi connectivity index (χ1n) is 8.48. The van der Waals surface area contributed by atoms with Crippen LogP contribution in [0.1, 0.15) is 42.6 Å². The van der Waals surface area contributed by atoms with Gasteiger partial charge in [-0.3, -0.25) is 0 Å². The number of aliphatic hydroxyl groups is 2. The topological polar surface area (TPSA) is 40.5 Å². The van der Waals surface area contributed by atoms with Gasteiger partial charge in [-0.1, -0.05) is 48.6 Å². The summed E-state index contributed by atoms with van der Waals surface area (Å²) in [5, 5.41) is 22.8. The van der Waals surface area contributed by atoms with E-state index < -0.39 is 23.0 Å². The maximum absolute atomic E-state index is 11.4. The van der Waals surface area contributed by atoms with Crippen molar-refractivity contribution in [3.05, 3.63) is 72.9 Å². The molecule has 0 saturated heterocycles. The van der Waals surface area contributed by atoms with E-state index >= 15 is 0 Å². The molecular weight excluding hydrogens is 284 g/mol. The van der Waals surface area contributed by atoms with Gasteiger partial charge in [-0.05, 0) is 42.2 Å². The van der Waals surface area contributed by atoms with Crippen molar-refractivity contribution < 1.29 is 10.2 Å². The van der Waals surface area contributed by atoms with Crippen molar-refractivity contribution in [2.45, 2.75) is 31.5 Å². The van der Waals surface area contributed by atoms with E-state index in [0.29, 0.717) is 12.8 Å². The van der Waals surface area contributed by atoms with E-state index in [1.165, 1.54) is 0 Å². The van der Waals surface area contributed by atoms with Gasteiger partial charge in [0, 0.05) is 10.8 Å². The maximum atomic E-state index is 11.4. The highest BCUT2D eigenvalue weighted by Crippen LogP contribution is 2.76. The zero-order valence-electron chi connectivity index (χ0n) is 13.4. The van der Waals surface area contributed by atoms with E-state index in [-0.39, 0.29) is 11.8 Å². The fourth-order valence-corrected chi connectivity index (χ4v) is 6.02. The Bertz CT molecular complexity index is 634. The normalized spacial score (nSPS) is 43.0. The van der Waals surface area contributed by atoms with Crippen molar-refractivity contribution in [1.29, 1.82) is 0 Å². The summed E-state index contributed by atoms with van der Waals surface area (Å²) in [5.41, 5.74) is 0.969. The molecule has 0 aromatic heterocycles. The van der Waals surface area contributed by atoms with Gasteiger partial charge in [0.15, 0.2) is 0 Å². The SMILES string of the molecule is C=CC[C@@]12C3C=CC(C3)[C@]1(CC=C)C(O)c1ccccc1C2O. The minimum absolute atomic E-state index is 0.281. The van der Waals surface area contributed by atoms with E-state index in [1.54, 1.807) is 0 Å². The van der Waals surface area contributed by atoms with Crippen LogP contribution >= 0.6 is 0 Å². The summed E-state index contributed by atoms with van der Waals surface area (Å²) in [4.78, 5) is 0. The van der Waals surface area contributed by atoms with Crippen LogP contribution in [0, 0.1) is 22.7 Å². The lowest BCUT2D eigenvalue weighted by Crippen LogP contribution is -2.55. The summed E-state index contributed by atoms with van der Waals surface area (Å²) in [6.45, 7) is 7.92. The molecule has 120 valence electrons. The number of allylic oxidation sites excluding steroid dienone is 4. The molecule has 2 heteroatoms. The molecule has 2 N–H and O–H groups in total. The van der Waals surface area contributed by atoms with Crippen LogP contribution in [0.5, 0.6) is 0 Å². The number of hydrogen-bond acceptors (Lipinski definition) is 2. The molecule has 6 atom stereocenters. The second kappa shape index (κ2) is 4.93. The molecule has 1 fully saturated rings. The standard InChI is InChI=1S/C21H24O2/c1-3-11-20-14-9-10-15(13-14)21(20,12-4-2)19(23)17-8-6-5-7-16(17)18(20)22/h3-10,14-15,18-19,22-23H,1-2,11-13H2/t14?,15?,18?,19?,20-,21+. The number of benzene rings is 1. The van der Waals surface area contributed by atoms with E-state index in [9.17, 15) is 10.2 Å². The summed E-state index contributed by atoms with van der Waals surface area (Å²) in [5.74, 6) is 0.562. The van der Waals surface area contributed by atoms with Gasteiger partial charge in [0.2, 0.25) is 0 Å². The molecule has 1 aromatic rings. The van der Waals surface area contributed by atoms with Crippen LogP contribution in [0.4, 0.5) is 0 Å².